The second-order valence-electron chi connectivity index (χ2n) is 7.03. The van der Waals surface area contributed by atoms with Crippen LogP contribution in [0.25, 0.3) is 0 Å². The lowest BCUT2D eigenvalue weighted by Gasteiger charge is -2.13. The van der Waals surface area contributed by atoms with Crippen molar-refractivity contribution in [2.24, 2.45) is 11.7 Å². The molecular weight excluding hydrogens is 300 g/mol. The van der Waals surface area contributed by atoms with Gasteiger partial charge in [0.1, 0.15) is 5.82 Å². The number of benzene rings is 1. The second kappa shape index (κ2) is 7.18. The summed E-state index contributed by atoms with van der Waals surface area (Å²) in [5.41, 5.74) is 7.91. The molecule has 3 N–H and O–H groups in total. The summed E-state index contributed by atoms with van der Waals surface area (Å²) in [6.45, 7) is 5.04. The van der Waals surface area contributed by atoms with Gasteiger partial charge in [0, 0.05) is 42.5 Å². The number of imidazole rings is 1. The number of carbonyl (C=O) groups excluding carboxylic acids is 1. The number of nitrogens with zero attached hydrogens (tertiary/aromatic N) is 2. The molecule has 1 aliphatic carbocycles. The number of carbonyl (C=O) groups is 1. The highest BCUT2D eigenvalue weighted by Crippen LogP contribution is 2.25. The quantitative estimate of drug-likeness (QED) is 0.886. The van der Waals surface area contributed by atoms with Crippen LogP contribution < -0.4 is 11.1 Å². The molecule has 1 saturated carbocycles. The first-order valence-corrected chi connectivity index (χ1v) is 8.69. The summed E-state index contributed by atoms with van der Waals surface area (Å²) in [7, 11) is 0. The van der Waals surface area contributed by atoms with E-state index in [1.807, 2.05) is 30.6 Å². The lowest BCUT2D eigenvalue weighted by molar-refractivity contribution is -0.119. The van der Waals surface area contributed by atoms with E-state index in [4.69, 9.17) is 5.73 Å². The van der Waals surface area contributed by atoms with Crippen LogP contribution in [-0.2, 0) is 11.3 Å². The van der Waals surface area contributed by atoms with Gasteiger partial charge in [-0.05, 0) is 37.0 Å². The highest BCUT2D eigenvalue weighted by molar-refractivity contribution is 5.92. The third-order valence-corrected chi connectivity index (χ3v) is 4.66. The maximum absolute atomic E-state index is 12.4. The van der Waals surface area contributed by atoms with E-state index in [1.54, 1.807) is 0 Å². The van der Waals surface area contributed by atoms with Gasteiger partial charge in [0.25, 0.3) is 0 Å². The summed E-state index contributed by atoms with van der Waals surface area (Å²) in [4.78, 5) is 16.8. The van der Waals surface area contributed by atoms with Gasteiger partial charge in [-0.25, -0.2) is 4.98 Å². The lowest BCUT2D eigenvalue weighted by Crippen LogP contribution is -2.23. The van der Waals surface area contributed by atoms with Gasteiger partial charge in [-0.15, -0.1) is 0 Å². The van der Waals surface area contributed by atoms with E-state index in [1.165, 1.54) is 0 Å². The van der Waals surface area contributed by atoms with Crippen LogP contribution in [0.5, 0.6) is 0 Å². The zero-order valence-electron chi connectivity index (χ0n) is 14.4. The molecule has 5 nitrogen and oxygen atoms in total. The fourth-order valence-corrected chi connectivity index (χ4v) is 3.40. The summed E-state index contributed by atoms with van der Waals surface area (Å²) >= 11 is 0. The normalized spacial score (nSPS) is 20.5. The van der Waals surface area contributed by atoms with Crippen LogP contribution in [-0.4, -0.2) is 21.5 Å². The molecule has 1 aromatic carbocycles. The molecule has 0 bridgehead atoms. The minimum Gasteiger partial charge on any atom is -0.330 e. The lowest BCUT2D eigenvalue weighted by atomic mass is 10.1. The second-order valence-corrected chi connectivity index (χ2v) is 7.03. The minimum atomic E-state index is 0.0462. The van der Waals surface area contributed by atoms with Crippen molar-refractivity contribution in [3.63, 3.8) is 0 Å². The number of aromatic nitrogens is 2. The molecular formula is C19H26N4O. The Balaban J connectivity index is 1.68. The van der Waals surface area contributed by atoms with Gasteiger partial charge >= 0.3 is 0 Å². The largest absolute Gasteiger partial charge is 0.330 e. The van der Waals surface area contributed by atoms with Crippen LogP contribution in [0.1, 0.15) is 50.4 Å². The first-order chi connectivity index (χ1) is 11.5. The number of nitrogens with one attached hydrogen (secondary N) is 1. The summed E-state index contributed by atoms with van der Waals surface area (Å²) < 4.78 is 2.15. The third-order valence-electron chi connectivity index (χ3n) is 4.66. The Morgan fingerprint density at radius 1 is 1.42 bits per heavy atom. The topological polar surface area (TPSA) is 72.9 Å². The van der Waals surface area contributed by atoms with Crippen molar-refractivity contribution in [1.82, 2.24) is 9.55 Å². The molecule has 1 aromatic heterocycles. The van der Waals surface area contributed by atoms with Gasteiger partial charge in [0.05, 0.1) is 0 Å². The molecule has 128 valence electrons. The fraction of sp³-hybridized carbons (Fsp3) is 0.474. The molecule has 1 amide bonds. The van der Waals surface area contributed by atoms with Crippen LogP contribution in [0.4, 0.5) is 5.69 Å². The molecule has 1 fully saturated rings. The number of amides is 1. The molecule has 0 spiro atoms. The van der Waals surface area contributed by atoms with Crippen LogP contribution in [0.2, 0.25) is 0 Å². The van der Waals surface area contributed by atoms with Gasteiger partial charge in [-0.2, -0.15) is 0 Å². The molecule has 24 heavy (non-hydrogen) atoms. The van der Waals surface area contributed by atoms with Gasteiger partial charge in [0.2, 0.25) is 5.91 Å². The molecule has 2 atom stereocenters. The molecule has 5 heteroatoms. The Labute approximate surface area is 143 Å². The van der Waals surface area contributed by atoms with Crippen molar-refractivity contribution in [2.45, 2.75) is 51.6 Å². The van der Waals surface area contributed by atoms with Crippen LogP contribution in [0.15, 0.2) is 36.7 Å². The van der Waals surface area contributed by atoms with Crippen molar-refractivity contribution in [2.75, 3.05) is 5.32 Å². The molecule has 3 rings (SSSR count). The monoisotopic (exact) mass is 326 g/mol. The number of hydrogen-bond donors (Lipinski definition) is 2. The highest BCUT2D eigenvalue weighted by atomic mass is 16.1. The Kier molecular flexibility index (Phi) is 5.00. The first-order valence-electron chi connectivity index (χ1n) is 8.69. The Morgan fingerprint density at radius 3 is 2.96 bits per heavy atom. The maximum Gasteiger partial charge on any atom is 0.227 e. The zero-order valence-corrected chi connectivity index (χ0v) is 14.4. The van der Waals surface area contributed by atoms with Crippen molar-refractivity contribution < 1.29 is 4.79 Å². The van der Waals surface area contributed by atoms with E-state index < -0.39 is 0 Å². The third kappa shape index (κ3) is 3.85. The number of rotatable bonds is 5. The predicted molar refractivity (Wildman–Crippen MR) is 95.8 cm³/mol. The Hall–Kier alpha value is -2.14. The van der Waals surface area contributed by atoms with Gasteiger partial charge in [0.15, 0.2) is 0 Å². The number of hydrogen-bond acceptors (Lipinski definition) is 3. The van der Waals surface area contributed by atoms with Crippen LogP contribution in [0, 0.1) is 5.92 Å². The van der Waals surface area contributed by atoms with E-state index >= 15 is 0 Å². The van der Waals surface area contributed by atoms with E-state index in [0.29, 0.717) is 5.92 Å². The van der Waals surface area contributed by atoms with Gasteiger partial charge < -0.3 is 15.6 Å². The van der Waals surface area contributed by atoms with Crippen molar-refractivity contribution in [1.29, 1.82) is 0 Å². The SMILES string of the molecule is CC(C)c1nccn1Cc1cccc(NC(=O)C2CCC(N)C2)c1. The molecule has 2 aromatic rings. The average molecular weight is 326 g/mol. The number of anilines is 1. The minimum absolute atomic E-state index is 0.0462. The molecule has 1 heterocycles. The summed E-state index contributed by atoms with van der Waals surface area (Å²) in [6.07, 6.45) is 6.46. The van der Waals surface area contributed by atoms with Gasteiger partial charge in [-0.1, -0.05) is 26.0 Å². The maximum atomic E-state index is 12.4. The molecule has 0 saturated heterocycles. The van der Waals surface area contributed by atoms with Crippen molar-refractivity contribution in [3.05, 3.63) is 48.0 Å². The Morgan fingerprint density at radius 2 is 2.25 bits per heavy atom. The molecule has 2 unspecified atom stereocenters. The summed E-state index contributed by atoms with van der Waals surface area (Å²) in [6, 6.07) is 8.20. The smallest absolute Gasteiger partial charge is 0.227 e. The van der Waals surface area contributed by atoms with E-state index in [9.17, 15) is 4.79 Å². The summed E-state index contributed by atoms with van der Waals surface area (Å²) in [5.74, 6) is 1.59. The average Bonchev–Trinajstić information content (AvgIpc) is 3.16. The Bertz CT molecular complexity index is 707. The first kappa shape index (κ1) is 16.7. The standard InChI is InChI=1S/C19H26N4O/c1-13(2)18-21-8-9-23(18)12-14-4-3-5-17(10-14)22-19(24)15-6-7-16(20)11-15/h3-5,8-10,13,15-16H,6-7,11-12,20H2,1-2H3,(H,22,24). The fourth-order valence-electron chi connectivity index (χ4n) is 3.40. The van der Waals surface area contributed by atoms with E-state index in [-0.39, 0.29) is 17.9 Å². The van der Waals surface area contributed by atoms with Crippen molar-refractivity contribution >= 4 is 11.6 Å². The van der Waals surface area contributed by atoms with Crippen LogP contribution in [0.3, 0.4) is 0 Å². The van der Waals surface area contributed by atoms with Crippen LogP contribution >= 0.6 is 0 Å². The van der Waals surface area contributed by atoms with E-state index in [2.05, 4.69) is 34.8 Å². The molecule has 1 aliphatic rings. The molecule has 0 radical (unpaired) electrons. The summed E-state index contributed by atoms with van der Waals surface area (Å²) in [5, 5.41) is 3.04. The molecule has 0 aliphatic heterocycles. The number of nitrogens with two attached hydrogens (primary N) is 1. The highest BCUT2D eigenvalue weighted by Gasteiger charge is 2.27. The predicted octanol–water partition coefficient (Wildman–Crippen LogP) is 3.12. The zero-order chi connectivity index (χ0) is 17.1. The van der Waals surface area contributed by atoms with Gasteiger partial charge in [-0.3, -0.25) is 4.79 Å². The van der Waals surface area contributed by atoms with Crippen molar-refractivity contribution in [3.8, 4) is 0 Å². The van der Waals surface area contributed by atoms with E-state index in [0.717, 1.165) is 42.9 Å².